The molecule has 2 fully saturated rings. The molecule has 0 spiro atoms. The molecule has 0 aromatic rings. The molecule has 140 valence electrons. The van der Waals surface area contributed by atoms with Crippen LogP contribution in [0.3, 0.4) is 0 Å². The normalized spacial score (nSPS) is 49.8. The number of nitrogens with two attached hydrogens (primary N) is 1. The molecule has 0 bridgehead atoms. The lowest BCUT2D eigenvalue weighted by atomic mass is 9.90. The molecule has 2 aliphatic heterocycles. The first-order valence-corrected chi connectivity index (χ1v) is 7.47. The van der Waals surface area contributed by atoms with Crippen molar-refractivity contribution < 1.29 is 49.6 Å². The molecule has 6 unspecified atom stereocenters. The Morgan fingerprint density at radius 1 is 1.12 bits per heavy atom. The maximum atomic E-state index is 11.2. The fourth-order valence-corrected chi connectivity index (χ4v) is 2.82. The number of carboxylic acids is 1. The number of aliphatic hydroxyl groups excluding tert-OH is 5. The highest BCUT2D eigenvalue weighted by Crippen LogP contribution is 2.30. The van der Waals surface area contributed by atoms with Gasteiger partial charge in [-0.2, -0.15) is 0 Å². The first kappa shape index (κ1) is 19.4. The summed E-state index contributed by atoms with van der Waals surface area (Å²) in [4.78, 5) is 11.2. The maximum Gasteiger partial charge on any atom is 0.333 e. The second-order valence-electron chi connectivity index (χ2n) is 6.02. The highest BCUT2D eigenvalue weighted by Gasteiger charge is 2.50. The SMILES string of the molecule is C[C@@H]1C(C(=O)O)O[C@@H](OC2C(N)[C@H](O)OC(CO)[C@H]2O)C(O)C1O. The number of rotatable bonds is 4. The largest absolute Gasteiger partial charge is 0.479 e. The van der Waals surface area contributed by atoms with Gasteiger partial charge in [-0.25, -0.2) is 4.79 Å². The van der Waals surface area contributed by atoms with Gasteiger partial charge in [0.05, 0.1) is 18.8 Å². The summed E-state index contributed by atoms with van der Waals surface area (Å²) in [6, 6.07) is -1.25. The van der Waals surface area contributed by atoms with E-state index in [1.165, 1.54) is 6.92 Å². The van der Waals surface area contributed by atoms with Gasteiger partial charge in [-0.05, 0) is 0 Å². The van der Waals surface area contributed by atoms with E-state index >= 15 is 0 Å². The Morgan fingerprint density at radius 3 is 2.29 bits per heavy atom. The Labute approximate surface area is 137 Å². The summed E-state index contributed by atoms with van der Waals surface area (Å²) in [6.45, 7) is 0.764. The van der Waals surface area contributed by atoms with Crippen LogP contribution in [0, 0.1) is 5.92 Å². The van der Waals surface area contributed by atoms with E-state index in [1.54, 1.807) is 0 Å². The van der Waals surface area contributed by atoms with Gasteiger partial charge in [-0.15, -0.1) is 0 Å². The zero-order valence-electron chi connectivity index (χ0n) is 12.9. The number of ether oxygens (including phenoxy) is 3. The molecule has 0 radical (unpaired) electrons. The van der Waals surface area contributed by atoms with Crippen LogP contribution in [0.25, 0.3) is 0 Å². The Balaban J connectivity index is 2.16. The summed E-state index contributed by atoms with van der Waals surface area (Å²) in [7, 11) is 0. The first-order valence-electron chi connectivity index (χ1n) is 7.47. The van der Waals surface area contributed by atoms with Crippen molar-refractivity contribution in [1.29, 1.82) is 0 Å². The van der Waals surface area contributed by atoms with E-state index in [9.17, 15) is 25.2 Å². The Morgan fingerprint density at radius 2 is 1.75 bits per heavy atom. The second kappa shape index (κ2) is 7.56. The van der Waals surface area contributed by atoms with E-state index in [4.69, 9.17) is 30.2 Å². The van der Waals surface area contributed by atoms with E-state index in [-0.39, 0.29) is 0 Å². The molecule has 0 aromatic heterocycles. The van der Waals surface area contributed by atoms with Crippen LogP contribution in [0.5, 0.6) is 0 Å². The van der Waals surface area contributed by atoms with Crippen LogP contribution in [0.15, 0.2) is 0 Å². The van der Waals surface area contributed by atoms with Gasteiger partial charge in [0.15, 0.2) is 18.7 Å². The van der Waals surface area contributed by atoms with Crippen molar-refractivity contribution in [3.63, 3.8) is 0 Å². The van der Waals surface area contributed by atoms with Crippen LogP contribution in [0.4, 0.5) is 0 Å². The summed E-state index contributed by atoms with van der Waals surface area (Å²) < 4.78 is 15.4. The zero-order chi connectivity index (χ0) is 18.2. The fourth-order valence-electron chi connectivity index (χ4n) is 2.82. The van der Waals surface area contributed by atoms with Gasteiger partial charge in [-0.3, -0.25) is 0 Å². The van der Waals surface area contributed by atoms with Gasteiger partial charge in [0, 0.05) is 5.92 Å². The third-order valence-electron chi connectivity index (χ3n) is 4.38. The minimum absolute atomic E-state index is 0.629. The topological polar surface area (TPSA) is 192 Å². The van der Waals surface area contributed by atoms with Gasteiger partial charge in [-0.1, -0.05) is 6.92 Å². The molecular formula is C13H23NO10. The number of hydrogen-bond acceptors (Lipinski definition) is 10. The van der Waals surface area contributed by atoms with E-state index in [1.807, 2.05) is 0 Å². The molecule has 2 heterocycles. The lowest BCUT2D eigenvalue weighted by molar-refractivity contribution is -0.329. The van der Waals surface area contributed by atoms with Gasteiger partial charge in [0.2, 0.25) is 0 Å². The number of aliphatic hydroxyl groups is 5. The number of aliphatic carboxylic acids is 1. The molecule has 2 aliphatic rings. The summed E-state index contributed by atoms with van der Waals surface area (Å²) in [5.74, 6) is -2.26. The van der Waals surface area contributed by atoms with Crippen LogP contribution in [-0.2, 0) is 19.0 Å². The average Bonchev–Trinajstić information content (AvgIpc) is 2.54. The first-order chi connectivity index (χ1) is 11.2. The maximum absolute atomic E-state index is 11.2. The summed E-state index contributed by atoms with van der Waals surface area (Å²) in [6.07, 6.45) is -11.6. The zero-order valence-corrected chi connectivity index (χ0v) is 12.9. The third kappa shape index (κ3) is 3.54. The minimum atomic E-state index is -1.60. The molecular weight excluding hydrogens is 330 g/mol. The van der Waals surface area contributed by atoms with Gasteiger partial charge in [0.25, 0.3) is 0 Å². The number of hydrogen-bond donors (Lipinski definition) is 7. The van der Waals surface area contributed by atoms with Gasteiger partial charge < -0.3 is 50.6 Å². The smallest absolute Gasteiger partial charge is 0.333 e. The summed E-state index contributed by atoms with van der Waals surface area (Å²) in [5, 5.41) is 58.1. The van der Waals surface area contributed by atoms with Crippen molar-refractivity contribution in [1.82, 2.24) is 0 Å². The molecule has 0 aromatic carbocycles. The Hall–Kier alpha value is -0.890. The molecule has 24 heavy (non-hydrogen) atoms. The van der Waals surface area contributed by atoms with Crippen LogP contribution in [-0.4, -0.2) is 98.5 Å². The molecule has 11 heteroatoms. The van der Waals surface area contributed by atoms with Gasteiger partial charge in [0.1, 0.15) is 24.4 Å². The molecule has 0 saturated carbocycles. The van der Waals surface area contributed by atoms with Crippen molar-refractivity contribution >= 4 is 5.97 Å². The van der Waals surface area contributed by atoms with Crippen molar-refractivity contribution in [3.05, 3.63) is 0 Å². The van der Waals surface area contributed by atoms with Gasteiger partial charge >= 0.3 is 5.97 Å². The van der Waals surface area contributed by atoms with Crippen molar-refractivity contribution in [2.24, 2.45) is 11.7 Å². The molecule has 2 rings (SSSR count). The highest BCUT2D eigenvalue weighted by atomic mass is 16.7. The number of carbonyl (C=O) groups is 1. The fraction of sp³-hybridized carbons (Fsp3) is 0.923. The third-order valence-corrected chi connectivity index (χ3v) is 4.38. The molecule has 0 amide bonds. The highest BCUT2D eigenvalue weighted by molar-refractivity contribution is 5.73. The second-order valence-corrected chi connectivity index (χ2v) is 6.02. The standard InChI is InChI=1S/C13H23NO10/c1-3-6(16)8(18)13(23-9(3)11(19)20)24-10-5(14)12(21)22-4(2-15)7(10)17/h3-10,12-13,15-18,21H,2,14H2,1H3,(H,19,20)/t3-,4?,5?,6?,7+,8?,9?,10?,12+,13-/m0/s1. The molecule has 11 nitrogen and oxygen atoms in total. The van der Waals surface area contributed by atoms with E-state index < -0.39 is 73.7 Å². The Kier molecular flexibility index (Phi) is 6.12. The Bertz CT molecular complexity index is 450. The molecule has 10 atom stereocenters. The van der Waals surface area contributed by atoms with Crippen molar-refractivity contribution in [3.8, 4) is 0 Å². The molecule has 0 aliphatic carbocycles. The van der Waals surface area contributed by atoms with E-state index in [0.29, 0.717) is 0 Å². The van der Waals surface area contributed by atoms with Crippen LogP contribution >= 0.6 is 0 Å². The van der Waals surface area contributed by atoms with E-state index in [0.717, 1.165) is 0 Å². The minimum Gasteiger partial charge on any atom is -0.479 e. The predicted octanol–water partition coefficient (Wildman–Crippen LogP) is -4.06. The predicted molar refractivity (Wildman–Crippen MR) is 74.3 cm³/mol. The molecule has 2 saturated heterocycles. The van der Waals surface area contributed by atoms with Crippen LogP contribution in [0.1, 0.15) is 6.92 Å². The van der Waals surface area contributed by atoms with Crippen LogP contribution < -0.4 is 5.73 Å². The summed E-state index contributed by atoms with van der Waals surface area (Å²) in [5.41, 5.74) is 5.69. The van der Waals surface area contributed by atoms with Crippen molar-refractivity contribution in [2.75, 3.05) is 6.61 Å². The lowest BCUT2D eigenvalue weighted by Crippen LogP contribution is -2.65. The average molecular weight is 353 g/mol. The number of carboxylic acid groups (broad SMARTS) is 1. The summed E-state index contributed by atoms with van der Waals surface area (Å²) >= 11 is 0. The lowest BCUT2D eigenvalue weighted by Gasteiger charge is -2.45. The monoisotopic (exact) mass is 353 g/mol. The quantitative estimate of drug-likeness (QED) is 0.260. The van der Waals surface area contributed by atoms with E-state index in [2.05, 4.69) is 0 Å². The van der Waals surface area contributed by atoms with Crippen LogP contribution in [0.2, 0.25) is 0 Å². The van der Waals surface area contributed by atoms with Crippen molar-refractivity contribution in [2.45, 2.75) is 62.2 Å². The molecule has 8 N–H and O–H groups in total.